The van der Waals surface area contributed by atoms with Crippen LogP contribution in [0, 0.1) is 0 Å². The number of rotatable bonds is 5. The molecular formula is C45H29N3OS. The van der Waals surface area contributed by atoms with Crippen LogP contribution in [0.4, 0.5) is 0 Å². The van der Waals surface area contributed by atoms with Crippen molar-refractivity contribution < 1.29 is 4.74 Å². The molecule has 0 saturated carbocycles. The van der Waals surface area contributed by atoms with Crippen LogP contribution in [0.25, 0.3) is 76.6 Å². The SMILES string of the molecule is C1=CC2Oc3c(-c4cccc5sc6ccccc6c45)cc(-c4nc(-c5ccccc5)nc(-c5cccc(-c6ccccc6)c5)n4)cc3C2C=C1. The summed E-state index contributed by atoms with van der Waals surface area (Å²) >= 11 is 1.83. The number of benzene rings is 6. The fraction of sp³-hybridized carbons (Fsp3) is 0.0444. The molecule has 50 heavy (non-hydrogen) atoms. The molecule has 0 spiro atoms. The minimum Gasteiger partial charge on any atom is -0.484 e. The van der Waals surface area contributed by atoms with Gasteiger partial charge < -0.3 is 4.74 Å². The van der Waals surface area contributed by atoms with Gasteiger partial charge in [0.2, 0.25) is 0 Å². The fourth-order valence-corrected chi connectivity index (χ4v) is 8.43. The van der Waals surface area contributed by atoms with Crippen LogP contribution in [-0.4, -0.2) is 21.1 Å². The molecule has 2 unspecified atom stereocenters. The van der Waals surface area contributed by atoms with Crippen LogP contribution in [-0.2, 0) is 0 Å². The quantitative estimate of drug-likeness (QED) is 0.184. The molecule has 0 radical (unpaired) electrons. The zero-order valence-corrected chi connectivity index (χ0v) is 27.7. The third-order valence-electron chi connectivity index (χ3n) is 9.66. The Morgan fingerprint density at radius 3 is 1.96 bits per heavy atom. The van der Waals surface area contributed by atoms with Gasteiger partial charge in [-0.1, -0.05) is 127 Å². The molecule has 236 valence electrons. The number of hydrogen-bond donors (Lipinski definition) is 0. The van der Waals surface area contributed by atoms with Crippen molar-refractivity contribution in [2.75, 3.05) is 0 Å². The summed E-state index contributed by atoms with van der Waals surface area (Å²) in [6.07, 6.45) is 8.54. The molecule has 0 saturated heterocycles. The molecule has 2 aromatic heterocycles. The van der Waals surface area contributed by atoms with Crippen molar-refractivity contribution >= 4 is 31.5 Å². The first-order valence-electron chi connectivity index (χ1n) is 16.8. The van der Waals surface area contributed by atoms with Gasteiger partial charge in [-0.05, 0) is 53.1 Å². The first-order valence-corrected chi connectivity index (χ1v) is 17.7. The van der Waals surface area contributed by atoms with Crippen LogP contribution < -0.4 is 4.74 Å². The van der Waals surface area contributed by atoms with Crippen molar-refractivity contribution in [3.8, 4) is 62.2 Å². The maximum atomic E-state index is 6.78. The van der Waals surface area contributed by atoms with Gasteiger partial charge in [-0.25, -0.2) is 15.0 Å². The Labute approximate surface area is 293 Å². The Morgan fingerprint density at radius 2 is 1.12 bits per heavy atom. The monoisotopic (exact) mass is 659 g/mol. The zero-order chi connectivity index (χ0) is 33.0. The minimum absolute atomic E-state index is 0.0584. The van der Waals surface area contributed by atoms with Gasteiger partial charge in [0.15, 0.2) is 17.5 Å². The topological polar surface area (TPSA) is 47.9 Å². The Hall–Kier alpha value is -6.17. The van der Waals surface area contributed by atoms with Crippen LogP contribution in [0.1, 0.15) is 11.5 Å². The molecule has 0 N–H and O–H groups in total. The number of aromatic nitrogens is 3. The highest BCUT2D eigenvalue weighted by atomic mass is 32.1. The molecule has 4 nitrogen and oxygen atoms in total. The molecule has 1 aliphatic heterocycles. The van der Waals surface area contributed by atoms with Gasteiger partial charge in [0, 0.05) is 53.9 Å². The average molecular weight is 660 g/mol. The number of fused-ring (bicyclic) bond motifs is 6. The van der Waals surface area contributed by atoms with E-state index in [0.717, 1.165) is 50.3 Å². The van der Waals surface area contributed by atoms with E-state index in [9.17, 15) is 0 Å². The highest BCUT2D eigenvalue weighted by Gasteiger charge is 2.35. The van der Waals surface area contributed by atoms with Gasteiger partial charge in [-0.15, -0.1) is 11.3 Å². The summed E-state index contributed by atoms with van der Waals surface area (Å²) in [5.74, 6) is 2.93. The summed E-state index contributed by atoms with van der Waals surface area (Å²) in [5.41, 5.74) is 8.42. The van der Waals surface area contributed by atoms with E-state index in [2.05, 4.69) is 140 Å². The summed E-state index contributed by atoms with van der Waals surface area (Å²) in [6, 6.07) is 48.7. The maximum Gasteiger partial charge on any atom is 0.164 e. The highest BCUT2D eigenvalue weighted by molar-refractivity contribution is 7.25. The summed E-state index contributed by atoms with van der Waals surface area (Å²) in [6.45, 7) is 0. The van der Waals surface area contributed by atoms with E-state index in [1.807, 2.05) is 35.6 Å². The summed E-state index contributed by atoms with van der Waals surface area (Å²) in [7, 11) is 0. The number of ether oxygens (including phenoxy) is 1. The lowest BCUT2D eigenvalue weighted by Gasteiger charge is -2.14. The Balaban J connectivity index is 1.21. The smallest absolute Gasteiger partial charge is 0.164 e. The van der Waals surface area contributed by atoms with Crippen LogP contribution in [0.15, 0.2) is 164 Å². The van der Waals surface area contributed by atoms with Gasteiger partial charge in [0.25, 0.3) is 0 Å². The standard InChI is InChI=1S/C45H29N3OS/c1-3-13-28(14-4-1)30-17-11-18-31(25-30)44-46-43(29-15-5-2-6-16-29)47-45(48-44)32-26-36-33-19-7-9-22-38(33)49-42(36)37(27-32)34-21-12-24-40-41(34)35-20-8-10-23-39(35)50-40/h1-27,33,38H. The van der Waals surface area contributed by atoms with Gasteiger partial charge in [0.05, 0.1) is 0 Å². The maximum absolute atomic E-state index is 6.78. The van der Waals surface area contributed by atoms with Crippen LogP contribution in [0.5, 0.6) is 5.75 Å². The van der Waals surface area contributed by atoms with Crippen LogP contribution in [0.3, 0.4) is 0 Å². The normalized spacial score (nSPS) is 16.0. The molecule has 6 aromatic carbocycles. The third kappa shape index (κ3) is 4.86. The molecule has 2 atom stereocenters. The Kier molecular flexibility index (Phi) is 6.78. The van der Waals surface area contributed by atoms with E-state index in [0.29, 0.717) is 17.5 Å². The molecule has 3 heterocycles. The summed E-state index contributed by atoms with van der Waals surface area (Å²) < 4.78 is 9.31. The molecule has 0 bridgehead atoms. The largest absolute Gasteiger partial charge is 0.484 e. The van der Waals surface area contributed by atoms with E-state index in [-0.39, 0.29) is 12.0 Å². The molecule has 2 aliphatic rings. The second kappa shape index (κ2) is 11.8. The van der Waals surface area contributed by atoms with Crippen molar-refractivity contribution in [2.24, 2.45) is 0 Å². The van der Waals surface area contributed by atoms with E-state index in [1.165, 1.54) is 20.2 Å². The molecule has 0 amide bonds. The van der Waals surface area contributed by atoms with Crippen molar-refractivity contribution in [2.45, 2.75) is 12.0 Å². The summed E-state index contributed by atoms with van der Waals surface area (Å²) in [4.78, 5) is 15.4. The number of nitrogens with zero attached hydrogens (tertiary/aromatic N) is 3. The van der Waals surface area contributed by atoms with Crippen molar-refractivity contribution in [3.63, 3.8) is 0 Å². The molecule has 5 heteroatoms. The lowest BCUT2D eigenvalue weighted by Crippen LogP contribution is -2.15. The van der Waals surface area contributed by atoms with Gasteiger partial charge in [-0.2, -0.15) is 0 Å². The van der Waals surface area contributed by atoms with Gasteiger partial charge in [-0.3, -0.25) is 0 Å². The van der Waals surface area contributed by atoms with E-state index in [4.69, 9.17) is 19.7 Å². The third-order valence-corrected chi connectivity index (χ3v) is 10.8. The molecular weight excluding hydrogens is 631 g/mol. The van der Waals surface area contributed by atoms with Crippen molar-refractivity contribution in [1.82, 2.24) is 15.0 Å². The van der Waals surface area contributed by atoms with Crippen molar-refractivity contribution in [1.29, 1.82) is 0 Å². The zero-order valence-electron chi connectivity index (χ0n) is 26.9. The second-order valence-electron chi connectivity index (χ2n) is 12.7. The first kappa shape index (κ1) is 28.8. The number of hydrogen-bond acceptors (Lipinski definition) is 5. The van der Waals surface area contributed by atoms with Gasteiger partial charge >= 0.3 is 0 Å². The van der Waals surface area contributed by atoms with Crippen molar-refractivity contribution in [3.05, 3.63) is 169 Å². The van der Waals surface area contributed by atoms with E-state index in [1.54, 1.807) is 0 Å². The second-order valence-corrected chi connectivity index (χ2v) is 13.8. The predicted molar refractivity (Wildman–Crippen MR) is 205 cm³/mol. The number of thiophene rings is 1. The van der Waals surface area contributed by atoms with E-state index >= 15 is 0 Å². The first-order chi connectivity index (χ1) is 24.8. The Bertz CT molecular complexity index is 2640. The number of allylic oxidation sites excluding steroid dienone is 2. The molecule has 10 rings (SSSR count). The van der Waals surface area contributed by atoms with Crippen LogP contribution >= 0.6 is 11.3 Å². The summed E-state index contributed by atoms with van der Waals surface area (Å²) in [5, 5.41) is 2.50. The highest BCUT2D eigenvalue weighted by Crippen LogP contribution is 2.51. The lowest BCUT2D eigenvalue weighted by atomic mass is 9.88. The average Bonchev–Trinajstić information content (AvgIpc) is 3.77. The van der Waals surface area contributed by atoms with E-state index < -0.39 is 0 Å². The molecule has 8 aromatic rings. The minimum atomic E-state index is -0.0584. The lowest BCUT2D eigenvalue weighted by molar-refractivity contribution is 0.270. The van der Waals surface area contributed by atoms with Gasteiger partial charge in [0.1, 0.15) is 11.9 Å². The predicted octanol–water partition coefficient (Wildman–Crippen LogP) is 11.5. The molecule has 1 aliphatic carbocycles. The fourth-order valence-electron chi connectivity index (χ4n) is 7.29. The Morgan fingerprint density at radius 1 is 0.480 bits per heavy atom. The van der Waals surface area contributed by atoms with Crippen LogP contribution in [0.2, 0.25) is 0 Å². The molecule has 0 fully saturated rings.